The minimum absolute atomic E-state index is 0.0666. The lowest BCUT2D eigenvalue weighted by molar-refractivity contribution is 0.101. The maximum absolute atomic E-state index is 13.3. The van der Waals surface area contributed by atoms with E-state index in [-0.39, 0.29) is 18.3 Å². The predicted molar refractivity (Wildman–Crippen MR) is 93.1 cm³/mol. The fraction of sp³-hybridized carbons (Fsp3) is 0.353. The van der Waals surface area contributed by atoms with Crippen LogP contribution in [0.3, 0.4) is 0 Å². The summed E-state index contributed by atoms with van der Waals surface area (Å²) in [5.74, 6) is -0.710. The standard InChI is InChI=1S/C17H20FN3O3S/c1-11-7-12(3-4-14(11)18)19-16(23)15-8-13(9-21(15)2)25(24)20-17(10-22)5-6-17/h3-4,7-9,20,22H,5-6,10H2,1-2H3,(H,19,23). The van der Waals surface area contributed by atoms with Crippen molar-refractivity contribution in [2.45, 2.75) is 30.2 Å². The van der Waals surface area contributed by atoms with Gasteiger partial charge in [0.25, 0.3) is 5.91 Å². The molecule has 8 heteroatoms. The Morgan fingerprint density at radius 3 is 2.72 bits per heavy atom. The molecule has 0 radical (unpaired) electrons. The number of aliphatic hydroxyl groups excluding tert-OH is 1. The maximum Gasteiger partial charge on any atom is 0.272 e. The number of hydrogen-bond acceptors (Lipinski definition) is 3. The van der Waals surface area contributed by atoms with Gasteiger partial charge in [-0.05, 0) is 49.6 Å². The lowest BCUT2D eigenvalue weighted by Crippen LogP contribution is -2.36. The largest absolute Gasteiger partial charge is 0.394 e. The van der Waals surface area contributed by atoms with Crippen LogP contribution in [0.25, 0.3) is 0 Å². The summed E-state index contributed by atoms with van der Waals surface area (Å²) in [6, 6.07) is 5.88. The summed E-state index contributed by atoms with van der Waals surface area (Å²) >= 11 is 0. The van der Waals surface area contributed by atoms with Crippen LogP contribution in [0.5, 0.6) is 0 Å². The van der Waals surface area contributed by atoms with Crippen LogP contribution in [0.4, 0.5) is 10.1 Å². The van der Waals surface area contributed by atoms with Gasteiger partial charge in [-0.2, -0.15) is 0 Å². The number of benzene rings is 1. The molecule has 1 atom stereocenters. The highest BCUT2D eigenvalue weighted by Crippen LogP contribution is 2.35. The number of anilines is 1. The molecule has 1 unspecified atom stereocenters. The van der Waals surface area contributed by atoms with Gasteiger partial charge in [0.1, 0.15) is 22.5 Å². The molecule has 2 aromatic rings. The molecule has 3 rings (SSSR count). The van der Waals surface area contributed by atoms with Crippen molar-refractivity contribution in [1.82, 2.24) is 9.29 Å². The van der Waals surface area contributed by atoms with Crippen molar-refractivity contribution in [3.63, 3.8) is 0 Å². The number of aryl methyl sites for hydroxylation is 2. The average molecular weight is 365 g/mol. The molecular formula is C17H20FN3O3S. The third kappa shape index (κ3) is 3.81. The molecule has 1 aromatic carbocycles. The summed E-state index contributed by atoms with van der Waals surface area (Å²) < 4.78 is 30.2. The Kier molecular flexibility index (Phi) is 4.77. The number of aliphatic hydroxyl groups is 1. The summed E-state index contributed by atoms with van der Waals surface area (Å²) in [7, 11) is 0.175. The van der Waals surface area contributed by atoms with E-state index in [1.807, 2.05) is 0 Å². The summed E-state index contributed by atoms with van der Waals surface area (Å²) in [5.41, 5.74) is 0.799. The van der Waals surface area contributed by atoms with Crippen molar-refractivity contribution in [2.24, 2.45) is 7.05 Å². The average Bonchev–Trinajstić information content (AvgIpc) is 3.23. The number of carbonyl (C=O) groups excluding carboxylic acids is 1. The Hall–Kier alpha value is -2.03. The molecule has 25 heavy (non-hydrogen) atoms. The van der Waals surface area contributed by atoms with E-state index in [9.17, 15) is 18.5 Å². The molecule has 1 heterocycles. The Morgan fingerprint density at radius 1 is 1.40 bits per heavy atom. The van der Waals surface area contributed by atoms with Gasteiger partial charge in [-0.15, -0.1) is 0 Å². The van der Waals surface area contributed by atoms with Gasteiger partial charge in [-0.1, -0.05) is 0 Å². The van der Waals surface area contributed by atoms with Crippen LogP contribution in [-0.4, -0.2) is 31.9 Å². The molecule has 0 bridgehead atoms. The fourth-order valence-corrected chi connectivity index (χ4v) is 3.73. The first-order valence-corrected chi connectivity index (χ1v) is 9.03. The molecule has 1 aliphatic carbocycles. The Balaban J connectivity index is 1.74. The van der Waals surface area contributed by atoms with E-state index in [0.717, 1.165) is 12.8 Å². The molecule has 1 amide bonds. The minimum atomic E-state index is -1.51. The van der Waals surface area contributed by atoms with Crippen molar-refractivity contribution in [3.05, 3.63) is 47.5 Å². The van der Waals surface area contributed by atoms with Crippen LogP contribution in [0.1, 0.15) is 28.9 Å². The van der Waals surface area contributed by atoms with Gasteiger partial charge in [0.2, 0.25) is 0 Å². The number of hydrogen-bond donors (Lipinski definition) is 3. The third-order valence-electron chi connectivity index (χ3n) is 4.31. The predicted octanol–water partition coefficient (Wildman–Crippen LogP) is 1.86. The number of nitrogens with one attached hydrogen (secondary N) is 2. The van der Waals surface area contributed by atoms with Crippen LogP contribution in [-0.2, 0) is 18.0 Å². The van der Waals surface area contributed by atoms with Gasteiger partial charge in [-0.25, -0.2) is 13.3 Å². The van der Waals surface area contributed by atoms with Crippen LogP contribution < -0.4 is 10.0 Å². The first-order chi connectivity index (χ1) is 11.8. The Morgan fingerprint density at radius 2 is 2.12 bits per heavy atom. The molecular weight excluding hydrogens is 345 g/mol. The van der Waals surface area contributed by atoms with Gasteiger partial charge in [-0.3, -0.25) is 4.79 Å². The highest BCUT2D eigenvalue weighted by molar-refractivity contribution is 7.83. The second-order valence-electron chi connectivity index (χ2n) is 6.40. The Bertz CT molecular complexity index is 846. The molecule has 0 saturated heterocycles. The van der Waals surface area contributed by atoms with Crippen molar-refractivity contribution in [2.75, 3.05) is 11.9 Å². The monoisotopic (exact) mass is 365 g/mol. The third-order valence-corrected chi connectivity index (χ3v) is 5.58. The van der Waals surface area contributed by atoms with Crippen LogP contribution in [0.2, 0.25) is 0 Å². The summed E-state index contributed by atoms with van der Waals surface area (Å²) in [6.07, 6.45) is 3.17. The number of rotatable bonds is 6. The summed E-state index contributed by atoms with van der Waals surface area (Å²) in [6.45, 7) is 1.55. The van der Waals surface area contributed by atoms with E-state index in [2.05, 4.69) is 10.0 Å². The number of carbonyl (C=O) groups is 1. The highest BCUT2D eigenvalue weighted by atomic mass is 32.2. The lowest BCUT2D eigenvalue weighted by Gasteiger charge is -2.12. The summed E-state index contributed by atoms with van der Waals surface area (Å²) in [5, 5.41) is 12.0. The number of aromatic nitrogens is 1. The smallest absolute Gasteiger partial charge is 0.272 e. The molecule has 1 saturated carbocycles. The normalized spacial score (nSPS) is 16.5. The second-order valence-corrected chi connectivity index (χ2v) is 7.61. The first kappa shape index (κ1) is 17.8. The highest BCUT2D eigenvalue weighted by Gasteiger charge is 2.43. The van der Waals surface area contributed by atoms with Crippen molar-refractivity contribution < 1.29 is 18.5 Å². The maximum atomic E-state index is 13.3. The van der Waals surface area contributed by atoms with E-state index in [1.165, 1.54) is 12.1 Å². The van der Waals surface area contributed by atoms with Gasteiger partial charge in [0.15, 0.2) is 0 Å². The topological polar surface area (TPSA) is 83.4 Å². The van der Waals surface area contributed by atoms with Gasteiger partial charge >= 0.3 is 0 Å². The van der Waals surface area contributed by atoms with E-state index < -0.39 is 16.5 Å². The van der Waals surface area contributed by atoms with E-state index in [0.29, 0.717) is 21.8 Å². The zero-order valence-corrected chi connectivity index (χ0v) is 14.8. The lowest BCUT2D eigenvalue weighted by atomic mass is 10.2. The van der Waals surface area contributed by atoms with Crippen molar-refractivity contribution in [1.29, 1.82) is 0 Å². The molecule has 134 valence electrons. The van der Waals surface area contributed by atoms with E-state index in [1.54, 1.807) is 36.9 Å². The first-order valence-electron chi connectivity index (χ1n) is 7.88. The van der Waals surface area contributed by atoms with Gasteiger partial charge < -0.3 is 15.0 Å². The number of halogens is 1. The second kappa shape index (κ2) is 6.70. The Labute approximate surface area is 147 Å². The van der Waals surface area contributed by atoms with Crippen LogP contribution >= 0.6 is 0 Å². The zero-order valence-electron chi connectivity index (χ0n) is 14.0. The summed E-state index contributed by atoms with van der Waals surface area (Å²) in [4.78, 5) is 12.9. The quantitative estimate of drug-likeness (QED) is 0.731. The number of nitrogens with zero attached hydrogens (tertiary/aromatic N) is 1. The van der Waals surface area contributed by atoms with E-state index in [4.69, 9.17) is 0 Å². The molecule has 1 fully saturated rings. The van der Waals surface area contributed by atoms with Crippen molar-refractivity contribution >= 4 is 22.6 Å². The molecule has 6 nitrogen and oxygen atoms in total. The van der Waals surface area contributed by atoms with E-state index >= 15 is 0 Å². The van der Waals surface area contributed by atoms with Crippen molar-refractivity contribution in [3.8, 4) is 0 Å². The molecule has 0 aliphatic heterocycles. The van der Waals surface area contributed by atoms with Crippen LogP contribution in [0, 0.1) is 12.7 Å². The minimum Gasteiger partial charge on any atom is -0.394 e. The van der Waals surface area contributed by atoms with Gasteiger partial charge in [0.05, 0.1) is 17.0 Å². The number of amides is 1. The van der Waals surface area contributed by atoms with Crippen LogP contribution in [0.15, 0.2) is 35.4 Å². The molecule has 1 aromatic heterocycles. The fourth-order valence-electron chi connectivity index (χ4n) is 2.48. The SMILES string of the molecule is Cc1cc(NC(=O)c2cc(S(=O)NC3(CO)CC3)cn2C)ccc1F. The molecule has 0 spiro atoms. The zero-order chi connectivity index (χ0) is 18.2. The van der Waals surface area contributed by atoms with Gasteiger partial charge in [0, 0.05) is 18.9 Å². The molecule has 1 aliphatic rings. The molecule has 3 N–H and O–H groups in total.